The molecule has 0 radical (unpaired) electrons. The van der Waals surface area contributed by atoms with Crippen LogP contribution < -0.4 is 9.47 Å². The lowest BCUT2D eigenvalue weighted by atomic mass is 10.3. The molecule has 1 aliphatic heterocycles. The smallest absolute Gasteiger partial charge is 0.161 e. The molecule has 1 aromatic rings. The van der Waals surface area contributed by atoms with Gasteiger partial charge in [-0.15, -0.1) is 0 Å². The largest absolute Gasteiger partial charge is 0.487 e. The van der Waals surface area contributed by atoms with Gasteiger partial charge in [0.15, 0.2) is 11.5 Å². The summed E-state index contributed by atoms with van der Waals surface area (Å²) in [6.07, 6.45) is 0. The average molecular weight is 284 g/mol. The Morgan fingerprint density at radius 1 is 0.684 bits per heavy atom. The number of benzene rings is 1. The lowest BCUT2D eigenvalue weighted by Crippen LogP contribution is -2.10. The minimum Gasteiger partial charge on any atom is -0.487 e. The predicted octanol–water partition coefficient (Wildman–Crippen LogP) is 2.22. The van der Waals surface area contributed by atoms with Crippen LogP contribution in [0.15, 0.2) is 24.3 Å². The van der Waals surface area contributed by atoms with Crippen LogP contribution in [0.3, 0.4) is 0 Å². The minimum atomic E-state index is 0.543. The van der Waals surface area contributed by atoms with Gasteiger partial charge < -0.3 is 18.9 Å². The highest BCUT2D eigenvalue weighted by molar-refractivity contribution is 7.99. The first-order valence-corrected chi connectivity index (χ1v) is 7.70. The Hall–Kier alpha value is -0.910. The second-order valence-corrected chi connectivity index (χ2v) is 5.21. The van der Waals surface area contributed by atoms with Crippen LogP contribution in [-0.2, 0) is 9.47 Å². The Kier molecular flexibility index (Phi) is 6.92. The SMILES string of the molecule is c1ccc2c(c1)OCCOCCSCCOCCO2. The Morgan fingerprint density at radius 2 is 1.21 bits per heavy atom. The number of hydrogen-bond donors (Lipinski definition) is 0. The van der Waals surface area contributed by atoms with Crippen LogP contribution >= 0.6 is 11.8 Å². The van der Waals surface area contributed by atoms with E-state index in [1.165, 1.54) is 0 Å². The van der Waals surface area contributed by atoms with Crippen LogP contribution in [0.25, 0.3) is 0 Å². The van der Waals surface area contributed by atoms with Crippen LogP contribution in [0.2, 0.25) is 0 Å². The first-order chi connectivity index (χ1) is 9.47. The van der Waals surface area contributed by atoms with Gasteiger partial charge in [-0.05, 0) is 12.1 Å². The number of ether oxygens (including phenoxy) is 4. The van der Waals surface area contributed by atoms with Crippen molar-refractivity contribution in [1.29, 1.82) is 0 Å². The monoisotopic (exact) mass is 284 g/mol. The quantitative estimate of drug-likeness (QED) is 0.730. The zero-order valence-electron chi connectivity index (χ0n) is 11.0. The summed E-state index contributed by atoms with van der Waals surface area (Å²) in [6.45, 7) is 3.80. The van der Waals surface area contributed by atoms with Crippen molar-refractivity contribution in [3.8, 4) is 11.5 Å². The van der Waals surface area contributed by atoms with Gasteiger partial charge in [0.25, 0.3) is 0 Å². The molecular formula is C14H20O4S. The van der Waals surface area contributed by atoms with E-state index in [9.17, 15) is 0 Å². The van der Waals surface area contributed by atoms with E-state index in [-0.39, 0.29) is 0 Å². The number of hydrogen-bond acceptors (Lipinski definition) is 5. The van der Waals surface area contributed by atoms with Crippen molar-refractivity contribution >= 4 is 11.8 Å². The molecule has 19 heavy (non-hydrogen) atoms. The summed E-state index contributed by atoms with van der Waals surface area (Å²) < 4.78 is 22.3. The van der Waals surface area contributed by atoms with Gasteiger partial charge in [0.2, 0.25) is 0 Å². The normalized spacial score (nSPS) is 19.2. The molecule has 2 rings (SSSR count). The van der Waals surface area contributed by atoms with Crippen LogP contribution in [0.1, 0.15) is 0 Å². The van der Waals surface area contributed by atoms with Gasteiger partial charge in [0, 0.05) is 11.5 Å². The van der Waals surface area contributed by atoms with Crippen LogP contribution in [0, 0.1) is 0 Å². The first-order valence-electron chi connectivity index (χ1n) is 6.54. The summed E-state index contributed by atoms with van der Waals surface area (Å²) >= 11 is 1.84. The maximum atomic E-state index is 5.67. The lowest BCUT2D eigenvalue weighted by molar-refractivity contribution is 0.104. The maximum Gasteiger partial charge on any atom is 0.161 e. The third-order valence-corrected chi connectivity index (χ3v) is 3.47. The fourth-order valence-electron chi connectivity index (χ4n) is 1.65. The summed E-state index contributed by atoms with van der Waals surface area (Å²) in [5.41, 5.74) is 0. The molecule has 0 spiro atoms. The highest BCUT2D eigenvalue weighted by atomic mass is 32.2. The molecule has 0 unspecified atom stereocenters. The molecular weight excluding hydrogens is 264 g/mol. The van der Waals surface area contributed by atoms with Gasteiger partial charge in [-0.2, -0.15) is 11.8 Å². The summed E-state index contributed by atoms with van der Waals surface area (Å²) in [5, 5.41) is 0. The molecule has 4 nitrogen and oxygen atoms in total. The molecule has 0 N–H and O–H groups in total. The maximum absolute atomic E-state index is 5.67. The molecule has 0 saturated carbocycles. The van der Waals surface area contributed by atoms with E-state index in [2.05, 4.69) is 0 Å². The number of para-hydroxylation sites is 2. The molecule has 0 fully saturated rings. The summed E-state index contributed by atoms with van der Waals surface area (Å²) in [6, 6.07) is 7.68. The molecule has 1 aromatic carbocycles. The van der Waals surface area contributed by atoms with E-state index >= 15 is 0 Å². The molecule has 0 saturated heterocycles. The topological polar surface area (TPSA) is 36.9 Å². The first kappa shape index (κ1) is 14.5. The van der Waals surface area contributed by atoms with Gasteiger partial charge in [-0.25, -0.2) is 0 Å². The Morgan fingerprint density at radius 3 is 1.74 bits per heavy atom. The average Bonchev–Trinajstić information content (AvgIpc) is 2.45. The third-order valence-electron chi connectivity index (χ3n) is 2.56. The van der Waals surface area contributed by atoms with Crippen LogP contribution in [0.4, 0.5) is 0 Å². The zero-order valence-corrected chi connectivity index (χ0v) is 11.8. The number of thioether (sulfide) groups is 1. The molecule has 0 bridgehead atoms. The second kappa shape index (κ2) is 9.07. The molecule has 106 valence electrons. The van der Waals surface area contributed by atoms with Crippen LogP contribution in [-0.4, -0.2) is 51.1 Å². The van der Waals surface area contributed by atoms with E-state index in [1.54, 1.807) is 0 Å². The predicted molar refractivity (Wildman–Crippen MR) is 76.4 cm³/mol. The highest BCUT2D eigenvalue weighted by Crippen LogP contribution is 2.26. The second-order valence-electron chi connectivity index (χ2n) is 3.98. The summed E-state index contributed by atoms with van der Waals surface area (Å²) in [5.74, 6) is 3.51. The van der Waals surface area contributed by atoms with Gasteiger partial charge in [-0.1, -0.05) is 12.1 Å². The Labute approximate surface area is 118 Å². The van der Waals surface area contributed by atoms with Crippen molar-refractivity contribution in [3.63, 3.8) is 0 Å². The van der Waals surface area contributed by atoms with Crippen molar-refractivity contribution in [2.75, 3.05) is 51.1 Å². The molecule has 5 heteroatoms. The molecule has 0 atom stereocenters. The Bertz CT molecular complexity index is 326. The zero-order chi connectivity index (χ0) is 13.2. The van der Waals surface area contributed by atoms with E-state index in [4.69, 9.17) is 18.9 Å². The fourth-order valence-corrected chi connectivity index (χ4v) is 2.33. The summed E-state index contributed by atoms with van der Waals surface area (Å²) in [4.78, 5) is 0. The summed E-state index contributed by atoms with van der Waals surface area (Å²) in [7, 11) is 0. The van der Waals surface area contributed by atoms with E-state index in [1.807, 2.05) is 36.0 Å². The Balaban J connectivity index is 1.87. The minimum absolute atomic E-state index is 0.543. The van der Waals surface area contributed by atoms with E-state index in [0.717, 1.165) is 36.2 Å². The molecule has 0 aliphatic carbocycles. The third kappa shape index (κ3) is 5.72. The molecule has 0 aromatic heterocycles. The van der Waals surface area contributed by atoms with E-state index < -0.39 is 0 Å². The van der Waals surface area contributed by atoms with Crippen molar-refractivity contribution in [2.45, 2.75) is 0 Å². The van der Waals surface area contributed by atoms with Crippen LogP contribution in [0.5, 0.6) is 11.5 Å². The molecule has 1 heterocycles. The van der Waals surface area contributed by atoms with Crippen molar-refractivity contribution < 1.29 is 18.9 Å². The van der Waals surface area contributed by atoms with Gasteiger partial charge in [0.1, 0.15) is 13.2 Å². The number of rotatable bonds is 0. The van der Waals surface area contributed by atoms with Crippen molar-refractivity contribution in [2.24, 2.45) is 0 Å². The fraction of sp³-hybridized carbons (Fsp3) is 0.571. The van der Waals surface area contributed by atoms with Crippen molar-refractivity contribution in [1.82, 2.24) is 0 Å². The van der Waals surface area contributed by atoms with Crippen molar-refractivity contribution in [3.05, 3.63) is 24.3 Å². The van der Waals surface area contributed by atoms with E-state index in [0.29, 0.717) is 26.4 Å². The van der Waals surface area contributed by atoms with Gasteiger partial charge in [-0.3, -0.25) is 0 Å². The lowest BCUT2D eigenvalue weighted by Gasteiger charge is -2.12. The standard InChI is InChI=1S/C14H20O4S/c1-2-4-14-13(3-1)17-7-5-15-9-11-19-12-10-16-6-8-18-14/h1-4H,5-12H2. The molecule has 0 amide bonds. The molecule has 1 aliphatic rings. The highest BCUT2D eigenvalue weighted by Gasteiger charge is 2.04. The van der Waals surface area contributed by atoms with Gasteiger partial charge in [0.05, 0.1) is 26.4 Å². The van der Waals surface area contributed by atoms with Gasteiger partial charge >= 0.3 is 0 Å². The number of fused-ring (bicyclic) bond motifs is 1.